The molecule has 8 heteroatoms. The van der Waals surface area contributed by atoms with E-state index in [-0.39, 0.29) is 16.8 Å². The van der Waals surface area contributed by atoms with Crippen LogP contribution in [0.15, 0.2) is 11.0 Å². The highest BCUT2D eigenvalue weighted by atomic mass is 79.9. The first-order valence-electron chi connectivity index (χ1n) is 3.99. The Morgan fingerprint density at radius 2 is 2.12 bits per heavy atom. The molecule has 1 rings (SSSR count). The molecule has 1 N–H and O–H groups in total. The van der Waals surface area contributed by atoms with E-state index >= 15 is 0 Å². The summed E-state index contributed by atoms with van der Waals surface area (Å²) in [6.45, 7) is 0. The third-order valence-corrected chi connectivity index (χ3v) is 2.21. The molecule has 0 aliphatic rings. The SMILES string of the molecule is COc1c[nH]c(CBr)c(OC(F)(F)F)c1=O. The zero-order valence-corrected chi connectivity index (χ0v) is 9.61. The molecule has 0 aromatic carbocycles. The fourth-order valence-corrected chi connectivity index (χ4v) is 1.42. The highest BCUT2D eigenvalue weighted by Crippen LogP contribution is 2.25. The smallest absolute Gasteiger partial charge is 0.491 e. The number of methoxy groups -OCH3 is 1. The molecule has 0 spiro atoms. The molecule has 1 aromatic heterocycles. The average molecular weight is 302 g/mol. The van der Waals surface area contributed by atoms with E-state index < -0.39 is 17.5 Å². The monoisotopic (exact) mass is 301 g/mol. The topological polar surface area (TPSA) is 51.3 Å². The van der Waals surface area contributed by atoms with Crippen LogP contribution in [-0.2, 0) is 5.33 Å². The molecule has 0 amide bonds. The van der Waals surface area contributed by atoms with Crippen LogP contribution in [0.3, 0.4) is 0 Å². The summed E-state index contributed by atoms with van der Waals surface area (Å²) in [6, 6.07) is 0. The van der Waals surface area contributed by atoms with Gasteiger partial charge in [0, 0.05) is 11.5 Å². The van der Waals surface area contributed by atoms with Gasteiger partial charge in [-0.2, -0.15) is 0 Å². The van der Waals surface area contributed by atoms with Gasteiger partial charge in [0.2, 0.25) is 5.75 Å². The van der Waals surface area contributed by atoms with Crippen molar-refractivity contribution in [3.05, 3.63) is 22.1 Å². The van der Waals surface area contributed by atoms with Crippen LogP contribution < -0.4 is 14.9 Å². The molecular weight excluding hydrogens is 295 g/mol. The van der Waals surface area contributed by atoms with E-state index in [0.29, 0.717) is 0 Å². The number of alkyl halides is 4. The van der Waals surface area contributed by atoms with E-state index in [4.69, 9.17) is 0 Å². The van der Waals surface area contributed by atoms with Crippen LogP contribution >= 0.6 is 15.9 Å². The summed E-state index contributed by atoms with van der Waals surface area (Å²) in [5.41, 5.74) is -0.962. The van der Waals surface area contributed by atoms with Crippen LogP contribution in [0.5, 0.6) is 11.5 Å². The van der Waals surface area contributed by atoms with Crippen molar-refractivity contribution in [1.82, 2.24) is 4.98 Å². The molecule has 16 heavy (non-hydrogen) atoms. The van der Waals surface area contributed by atoms with Crippen LogP contribution in [0.2, 0.25) is 0 Å². The molecule has 0 fully saturated rings. The summed E-state index contributed by atoms with van der Waals surface area (Å²) in [4.78, 5) is 13.9. The van der Waals surface area contributed by atoms with E-state index in [2.05, 4.69) is 30.4 Å². The van der Waals surface area contributed by atoms with Gasteiger partial charge in [-0.15, -0.1) is 13.2 Å². The summed E-state index contributed by atoms with van der Waals surface area (Å²) >= 11 is 2.94. The minimum Gasteiger partial charge on any atom is -0.491 e. The van der Waals surface area contributed by atoms with Crippen molar-refractivity contribution in [2.45, 2.75) is 11.7 Å². The Bertz CT molecular complexity index is 430. The lowest BCUT2D eigenvalue weighted by molar-refractivity contribution is -0.275. The maximum atomic E-state index is 12.0. The van der Waals surface area contributed by atoms with Gasteiger partial charge in [0.1, 0.15) is 0 Å². The van der Waals surface area contributed by atoms with Crippen molar-refractivity contribution in [2.75, 3.05) is 7.11 Å². The number of hydrogen-bond donors (Lipinski definition) is 1. The molecule has 0 saturated carbocycles. The molecule has 0 aliphatic carbocycles. The third-order valence-electron chi connectivity index (χ3n) is 1.65. The summed E-state index contributed by atoms with van der Waals surface area (Å²) in [5.74, 6) is -1.06. The molecule has 0 aliphatic heterocycles. The molecule has 0 bridgehead atoms. The Morgan fingerprint density at radius 1 is 1.50 bits per heavy atom. The van der Waals surface area contributed by atoms with Gasteiger partial charge >= 0.3 is 6.36 Å². The number of halogens is 4. The van der Waals surface area contributed by atoms with Crippen molar-refractivity contribution >= 4 is 15.9 Å². The Balaban J connectivity index is 3.27. The second-order valence-electron chi connectivity index (χ2n) is 2.68. The molecule has 90 valence electrons. The van der Waals surface area contributed by atoms with Crippen LogP contribution in [0.1, 0.15) is 5.69 Å². The maximum absolute atomic E-state index is 12.0. The number of aromatic nitrogens is 1. The lowest BCUT2D eigenvalue weighted by Gasteiger charge is -2.12. The number of rotatable bonds is 3. The Labute approximate surface area is 96.5 Å². The highest BCUT2D eigenvalue weighted by Gasteiger charge is 2.34. The Morgan fingerprint density at radius 3 is 2.56 bits per heavy atom. The molecule has 0 radical (unpaired) electrons. The quantitative estimate of drug-likeness (QED) is 0.871. The molecule has 1 aromatic rings. The van der Waals surface area contributed by atoms with Crippen LogP contribution in [0, 0.1) is 0 Å². The fraction of sp³-hybridized carbons (Fsp3) is 0.375. The van der Waals surface area contributed by atoms with Gasteiger partial charge in [-0.05, 0) is 0 Å². The third kappa shape index (κ3) is 2.91. The zero-order chi connectivity index (χ0) is 12.3. The van der Waals surface area contributed by atoms with Crippen molar-refractivity contribution in [1.29, 1.82) is 0 Å². The van der Waals surface area contributed by atoms with E-state index in [1.807, 2.05) is 0 Å². The number of nitrogens with one attached hydrogen (secondary N) is 1. The van der Waals surface area contributed by atoms with Gasteiger partial charge < -0.3 is 14.5 Å². The molecule has 4 nitrogen and oxygen atoms in total. The summed E-state index contributed by atoms with van der Waals surface area (Å²) in [7, 11) is 1.18. The maximum Gasteiger partial charge on any atom is 0.573 e. The molecule has 0 saturated heterocycles. The largest absolute Gasteiger partial charge is 0.573 e. The number of H-pyrrole nitrogens is 1. The first kappa shape index (κ1) is 12.9. The molecular formula is C8H7BrF3NO3. The predicted octanol–water partition coefficient (Wildman–Crippen LogP) is 2.18. The van der Waals surface area contributed by atoms with E-state index in [9.17, 15) is 18.0 Å². The van der Waals surface area contributed by atoms with Gasteiger partial charge in [-0.25, -0.2) is 0 Å². The summed E-state index contributed by atoms with van der Waals surface area (Å²) < 4.78 is 44.4. The Kier molecular flexibility index (Phi) is 3.84. The van der Waals surface area contributed by atoms with Crippen molar-refractivity contribution in [3.63, 3.8) is 0 Å². The van der Waals surface area contributed by atoms with E-state index in [1.54, 1.807) is 0 Å². The number of pyridine rings is 1. The second-order valence-corrected chi connectivity index (χ2v) is 3.24. The van der Waals surface area contributed by atoms with Gasteiger partial charge in [0.25, 0.3) is 5.43 Å². The fourth-order valence-electron chi connectivity index (χ4n) is 1.01. The summed E-state index contributed by atoms with van der Waals surface area (Å²) in [6.07, 6.45) is -3.75. The number of aromatic amines is 1. The van der Waals surface area contributed by atoms with Gasteiger partial charge in [-0.3, -0.25) is 4.79 Å². The summed E-state index contributed by atoms with van der Waals surface area (Å²) in [5, 5.41) is 0.0254. The van der Waals surface area contributed by atoms with Crippen molar-refractivity contribution in [3.8, 4) is 11.5 Å². The highest BCUT2D eigenvalue weighted by molar-refractivity contribution is 9.08. The average Bonchev–Trinajstić information content (AvgIpc) is 2.19. The van der Waals surface area contributed by atoms with E-state index in [1.165, 1.54) is 13.3 Å². The van der Waals surface area contributed by atoms with Crippen LogP contribution in [0.25, 0.3) is 0 Å². The number of hydrogen-bond acceptors (Lipinski definition) is 3. The molecule has 1 heterocycles. The van der Waals surface area contributed by atoms with Gasteiger partial charge in [0.05, 0.1) is 12.8 Å². The standard InChI is InChI=1S/C8H7BrF3NO3/c1-15-5-3-13-4(2-9)7(6(5)14)16-8(10,11)12/h3H,2H2,1H3,(H,13,14). The van der Waals surface area contributed by atoms with Gasteiger partial charge in [0.15, 0.2) is 5.75 Å². The van der Waals surface area contributed by atoms with Crippen LogP contribution in [0.4, 0.5) is 13.2 Å². The second kappa shape index (κ2) is 4.77. The zero-order valence-electron chi connectivity index (χ0n) is 8.02. The van der Waals surface area contributed by atoms with Gasteiger partial charge in [-0.1, -0.05) is 15.9 Å². The Hall–Kier alpha value is -1.18. The molecule has 0 atom stereocenters. The first-order chi connectivity index (χ1) is 7.39. The van der Waals surface area contributed by atoms with Crippen LogP contribution in [-0.4, -0.2) is 18.5 Å². The van der Waals surface area contributed by atoms with E-state index in [0.717, 1.165) is 0 Å². The number of ether oxygens (including phenoxy) is 2. The first-order valence-corrected chi connectivity index (χ1v) is 5.11. The normalized spacial score (nSPS) is 11.3. The minimum absolute atomic E-state index is 0.0110. The predicted molar refractivity (Wildman–Crippen MR) is 52.9 cm³/mol. The molecule has 0 unspecified atom stereocenters. The lowest BCUT2D eigenvalue weighted by Crippen LogP contribution is -2.23. The minimum atomic E-state index is -4.92. The van der Waals surface area contributed by atoms with Crippen molar-refractivity contribution in [2.24, 2.45) is 0 Å². The van der Waals surface area contributed by atoms with Crippen molar-refractivity contribution < 1.29 is 22.6 Å². The lowest BCUT2D eigenvalue weighted by atomic mass is 10.3.